The quantitative estimate of drug-likeness (QED) is 0.815. The van der Waals surface area contributed by atoms with Gasteiger partial charge in [0.2, 0.25) is 0 Å². The maximum Gasteiger partial charge on any atom is 0.123 e. The predicted molar refractivity (Wildman–Crippen MR) is 84.6 cm³/mol. The minimum absolute atomic E-state index is 0.0147. The maximum atomic E-state index is 13.4. The van der Waals surface area contributed by atoms with Gasteiger partial charge in [-0.3, -0.25) is 4.90 Å². The van der Waals surface area contributed by atoms with Crippen LogP contribution in [0.25, 0.3) is 0 Å². The average molecular weight is 280 g/mol. The molecule has 1 aromatic carbocycles. The molecule has 0 heterocycles. The van der Waals surface area contributed by atoms with Crippen LogP contribution in [0.5, 0.6) is 0 Å². The fourth-order valence-electron chi connectivity index (χ4n) is 3.32. The van der Waals surface area contributed by atoms with Crippen LogP contribution in [0.1, 0.15) is 51.3 Å². The second-order valence-corrected chi connectivity index (χ2v) is 5.61. The average Bonchev–Trinajstić information content (AvgIpc) is 2.43. The van der Waals surface area contributed by atoms with Crippen LogP contribution >= 0.6 is 0 Å². The van der Waals surface area contributed by atoms with Gasteiger partial charge in [-0.2, -0.15) is 0 Å². The predicted octanol–water partition coefficient (Wildman–Crippen LogP) is 3.91. The molecule has 0 aliphatic rings. The van der Waals surface area contributed by atoms with Gasteiger partial charge in [-0.25, -0.2) is 4.39 Å². The van der Waals surface area contributed by atoms with Crippen LogP contribution in [0.15, 0.2) is 18.2 Å². The third kappa shape index (κ3) is 3.21. The van der Waals surface area contributed by atoms with Crippen molar-refractivity contribution >= 4 is 0 Å². The molecule has 0 amide bonds. The molecule has 20 heavy (non-hydrogen) atoms. The van der Waals surface area contributed by atoms with Crippen molar-refractivity contribution in [2.75, 3.05) is 20.1 Å². The standard InChI is InChI=1S/C17H29FN2/c1-7-17(5,20(8-2)9-3)16(19-6)15-11-10-14(18)12-13(15)4/h10-12,16,19H,7-9H2,1-6H3. The Labute approximate surface area is 123 Å². The van der Waals surface area contributed by atoms with E-state index in [1.165, 1.54) is 5.56 Å². The van der Waals surface area contributed by atoms with Crippen LogP contribution in [0.2, 0.25) is 0 Å². The van der Waals surface area contributed by atoms with Gasteiger partial charge in [0.05, 0.1) is 6.04 Å². The van der Waals surface area contributed by atoms with Crippen LogP contribution in [0.4, 0.5) is 4.39 Å². The van der Waals surface area contributed by atoms with Gasteiger partial charge < -0.3 is 5.32 Å². The normalized spacial score (nSPS) is 16.2. The molecule has 2 unspecified atom stereocenters. The molecular weight excluding hydrogens is 251 g/mol. The van der Waals surface area contributed by atoms with Gasteiger partial charge in [0, 0.05) is 5.54 Å². The van der Waals surface area contributed by atoms with E-state index in [-0.39, 0.29) is 17.4 Å². The van der Waals surface area contributed by atoms with Crippen LogP contribution in [-0.4, -0.2) is 30.6 Å². The molecule has 3 heteroatoms. The SMILES string of the molecule is CCN(CC)C(C)(CC)C(NC)c1ccc(F)cc1C. The molecule has 0 aliphatic carbocycles. The fraction of sp³-hybridized carbons (Fsp3) is 0.647. The Morgan fingerprint density at radius 1 is 1.25 bits per heavy atom. The van der Waals surface area contributed by atoms with Crippen molar-refractivity contribution in [3.63, 3.8) is 0 Å². The lowest BCUT2D eigenvalue weighted by atomic mass is 9.81. The summed E-state index contributed by atoms with van der Waals surface area (Å²) in [5, 5.41) is 3.46. The lowest BCUT2D eigenvalue weighted by molar-refractivity contribution is 0.0725. The number of nitrogens with one attached hydrogen (secondary N) is 1. The van der Waals surface area contributed by atoms with Crippen molar-refractivity contribution in [1.29, 1.82) is 0 Å². The van der Waals surface area contributed by atoms with Crippen molar-refractivity contribution < 1.29 is 4.39 Å². The summed E-state index contributed by atoms with van der Waals surface area (Å²) in [6.07, 6.45) is 1.04. The molecule has 2 atom stereocenters. The zero-order valence-corrected chi connectivity index (χ0v) is 13.8. The van der Waals surface area contributed by atoms with Crippen LogP contribution < -0.4 is 5.32 Å². The van der Waals surface area contributed by atoms with Gasteiger partial charge in [0.25, 0.3) is 0 Å². The van der Waals surface area contributed by atoms with E-state index in [2.05, 4.69) is 37.9 Å². The smallest absolute Gasteiger partial charge is 0.123 e. The minimum atomic E-state index is -0.165. The number of halogens is 1. The van der Waals surface area contributed by atoms with Crippen LogP contribution in [0, 0.1) is 12.7 Å². The molecular formula is C17H29FN2. The van der Waals surface area contributed by atoms with Crippen molar-refractivity contribution in [2.24, 2.45) is 0 Å². The number of benzene rings is 1. The van der Waals surface area contributed by atoms with E-state index >= 15 is 0 Å². The number of nitrogens with zero attached hydrogens (tertiary/aromatic N) is 1. The second-order valence-electron chi connectivity index (χ2n) is 5.61. The third-order valence-electron chi connectivity index (χ3n) is 4.66. The number of likely N-dealkylation sites (N-methyl/N-ethyl adjacent to an activating group) is 2. The van der Waals surface area contributed by atoms with E-state index in [0.717, 1.165) is 25.1 Å². The molecule has 1 aromatic rings. The summed E-state index contributed by atoms with van der Waals surface area (Å²) in [5.41, 5.74) is 2.21. The molecule has 0 saturated carbocycles. The summed E-state index contributed by atoms with van der Waals surface area (Å²) in [6, 6.07) is 5.29. The van der Waals surface area contributed by atoms with Crippen LogP contribution in [0.3, 0.4) is 0 Å². The van der Waals surface area contributed by atoms with Gasteiger partial charge in [-0.1, -0.05) is 26.8 Å². The number of aryl methyl sites for hydroxylation is 1. The van der Waals surface area contributed by atoms with E-state index in [4.69, 9.17) is 0 Å². The summed E-state index contributed by atoms with van der Waals surface area (Å²) in [4.78, 5) is 2.48. The summed E-state index contributed by atoms with van der Waals surface area (Å²) >= 11 is 0. The zero-order chi connectivity index (χ0) is 15.3. The highest BCUT2D eigenvalue weighted by Gasteiger charge is 2.37. The summed E-state index contributed by atoms with van der Waals surface area (Å²) in [5.74, 6) is -0.165. The molecule has 0 bridgehead atoms. The van der Waals surface area contributed by atoms with Gasteiger partial charge in [0.15, 0.2) is 0 Å². The number of hydrogen-bond donors (Lipinski definition) is 1. The van der Waals surface area contributed by atoms with Crippen LogP contribution in [-0.2, 0) is 0 Å². The Hall–Kier alpha value is -0.930. The van der Waals surface area contributed by atoms with E-state index < -0.39 is 0 Å². The Kier molecular flexibility index (Phi) is 6.15. The number of hydrogen-bond acceptors (Lipinski definition) is 2. The molecule has 0 fully saturated rings. The monoisotopic (exact) mass is 280 g/mol. The van der Waals surface area contributed by atoms with E-state index in [1.54, 1.807) is 12.1 Å². The van der Waals surface area contributed by atoms with Crippen molar-refractivity contribution in [2.45, 2.75) is 52.6 Å². The third-order valence-corrected chi connectivity index (χ3v) is 4.66. The van der Waals surface area contributed by atoms with E-state index in [1.807, 2.05) is 20.0 Å². The highest BCUT2D eigenvalue weighted by molar-refractivity contribution is 5.32. The Bertz CT molecular complexity index is 429. The maximum absolute atomic E-state index is 13.4. The molecule has 1 N–H and O–H groups in total. The van der Waals surface area contributed by atoms with Gasteiger partial charge >= 0.3 is 0 Å². The first-order valence-corrected chi connectivity index (χ1v) is 7.62. The van der Waals surface area contributed by atoms with Crippen molar-refractivity contribution in [3.8, 4) is 0 Å². The molecule has 0 saturated heterocycles. The summed E-state index contributed by atoms with van der Waals surface area (Å²) < 4.78 is 13.4. The first kappa shape index (κ1) is 17.1. The van der Waals surface area contributed by atoms with E-state index in [9.17, 15) is 4.39 Å². The lowest BCUT2D eigenvalue weighted by Crippen LogP contribution is -2.53. The lowest BCUT2D eigenvalue weighted by Gasteiger charge is -2.46. The topological polar surface area (TPSA) is 15.3 Å². The first-order valence-electron chi connectivity index (χ1n) is 7.62. The van der Waals surface area contributed by atoms with Crippen molar-refractivity contribution in [1.82, 2.24) is 10.2 Å². The Morgan fingerprint density at radius 3 is 2.25 bits per heavy atom. The largest absolute Gasteiger partial charge is 0.311 e. The van der Waals surface area contributed by atoms with Gasteiger partial charge in [-0.15, -0.1) is 0 Å². The fourth-order valence-corrected chi connectivity index (χ4v) is 3.32. The molecule has 1 rings (SSSR count). The second kappa shape index (κ2) is 7.19. The minimum Gasteiger partial charge on any atom is -0.311 e. The number of rotatable bonds is 7. The Balaban J connectivity index is 3.27. The highest BCUT2D eigenvalue weighted by atomic mass is 19.1. The molecule has 2 nitrogen and oxygen atoms in total. The summed E-state index contributed by atoms with van der Waals surface area (Å²) in [7, 11) is 1.99. The highest BCUT2D eigenvalue weighted by Crippen LogP contribution is 2.35. The Morgan fingerprint density at radius 2 is 1.85 bits per heavy atom. The molecule has 0 radical (unpaired) electrons. The van der Waals surface area contributed by atoms with Crippen molar-refractivity contribution in [3.05, 3.63) is 35.1 Å². The van der Waals surface area contributed by atoms with E-state index in [0.29, 0.717) is 0 Å². The molecule has 114 valence electrons. The van der Waals surface area contributed by atoms with Gasteiger partial charge in [0.1, 0.15) is 5.82 Å². The molecule has 0 aromatic heterocycles. The molecule has 0 spiro atoms. The summed E-state index contributed by atoms with van der Waals surface area (Å²) in [6.45, 7) is 12.9. The zero-order valence-electron chi connectivity index (χ0n) is 13.8. The molecule has 0 aliphatic heterocycles. The first-order chi connectivity index (χ1) is 9.44. The van der Waals surface area contributed by atoms with Gasteiger partial charge in [-0.05, 0) is 63.7 Å².